The molecular formula is C13H18ClNO2. The van der Waals surface area contributed by atoms with Gasteiger partial charge in [0.05, 0.1) is 12.6 Å². The van der Waals surface area contributed by atoms with E-state index in [1.54, 1.807) is 0 Å². The van der Waals surface area contributed by atoms with E-state index in [1.165, 1.54) is 0 Å². The van der Waals surface area contributed by atoms with Crippen molar-refractivity contribution in [3.63, 3.8) is 0 Å². The summed E-state index contributed by atoms with van der Waals surface area (Å²) in [5.74, 6) is -0.235. The monoisotopic (exact) mass is 255 g/mol. The number of hydrogen-bond acceptors (Lipinski definition) is 3. The van der Waals surface area contributed by atoms with E-state index in [0.717, 1.165) is 5.56 Å². The molecule has 1 aromatic rings. The minimum absolute atomic E-state index is 0.0739. The molecule has 1 rings (SSSR count). The number of ether oxygens (including phenoxy) is 1. The normalized spacial score (nSPS) is 12.5. The second kappa shape index (κ2) is 6.62. The van der Waals surface area contributed by atoms with Gasteiger partial charge in [-0.15, -0.1) is 0 Å². The Morgan fingerprint density at radius 2 is 1.88 bits per heavy atom. The van der Waals surface area contributed by atoms with E-state index in [0.29, 0.717) is 5.02 Å². The van der Waals surface area contributed by atoms with Gasteiger partial charge in [-0.1, -0.05) is 23.7 Å². The molecule has 0 fully saturated rings. The van der Waals surface area contributed by atoms with Gasteiger partial charge in [0.25, 0.3) is 0 Å². The number of carbonyl (C=O) groups is 1. The first kappa shape index (κ1) is 14.0. The molecule has 94 valence electrons. The molecule has 3 nitrogen and oxygen atoms in total. The van der Waals surface area contributed by atoms with E-state index >= 15 is 0 Å². The van der Waals surface area contributed by atoms with Gasteiger partial charge in [-0.3, -0.25) is 4.79 Å². The third-order valence-corrected chi connectivity index (χ3v) is 2.54. The highest BCUT2D eigenvalue weighted by Gasteiger charge is 2.09. The average molecular weight is 256 g/mol. The minimum atomic E-state index is -0.235. The number of nitrogens with one attached hydrogen (secondary N) is 1. The van der Waals surface area contributed by atoms with E-state index in [2.05, 4.69) is 5.32 Å². The van der Waals surface area contributed by atoms with E-state index < -0.39 is 0 Å². The van der Waals surface area contributed by atoms with E-state index in [4.69, 9.17) is 16.3 Å². The molecule has 0 amide bonds. The maximum absolute atomic E-state index is 11.3. The summed E-state index contributed by atoms with van der Waals surface area (Å²) in [7, 11) is 0. The zero-order chi connectivity index (χ0) is 12.8. The maximum Gasteiger partial charge on any atom is 0.320 e. The van der Waals surface area contributed by atoms with Crippen molar-refractivity contribution < 1.29 is 9.53 Å². The highest BCUT2D eigenvalue weighted by atomic mass is 35.5. The lowest BCUT2D eigenvalue weighted by molar-refractivity contribution is -0.146. The number of carbonyl (C=O) groups excluding carboxylic acids is 1. The summed E-state index contributed by atoms with van der Waals surface area (Å²) >= 11 is 5.81. The summed E-state index contributed by atoms with van der Waals surface area (Å²) in [5, 5.41) is 3.81. The van der Waals surface area contributed by atoms with Crippen molar-refractivity contribution in [2.75, 3.05) is 6.54 Å². The van der Waals surface area contributed by atoms with Crippen molar-refractivity contribution in [1.82, 2.24) is 5.32 Å². The summed E-state index contributed by atoms with van der Waals surface area (Å²) in [5.41, 5.74) is 1.09. The Morgan fingerprint density at radius 1 is 1.29 bits per heavy atom. The summed E-state index contributed by atoms with van der Waals surface area (Å²) in [6.45, 7) is 5.87. The third kappa shape index (κ3) is 5.20. The topological polar surface area (TPSA) is 38.3 Å². The van der Waals surface area contributed by atoms with Crippen LogP contribution < -0.4 is 5.32 Å². The van der Waals surface area contributed by atoms with Crippen LogP contribution in [0.1, 0.15) is 32.4 Å². The number of benzene rings is 1. The van der Waals surface area contributed by atoms with Crippen LogP contribution in [0.2, 0.25) is 5.02 Å². The minimum Gasteiger partial charge on any atom is -0.462 e. The molecule has 0 aliphatic heterocycles. The fourth-order valence-electron chi connectivity index (χ4n) is 1.41. The SMILES string of the molecule is CC(C)OC(=O)CNC(C)c1ccc(Cl)cc1. The van der Waals surface area contributed by atoms with Gasteiger partial charge >= 0.3 is 5.97 Å². The first-order valence-electron chi connectivity index (χ1n) is 5.67. The van der Waals surface area contributed by atoms with Crippen molar-refractivity contribution in [2.24, 2.45) is 0 Å². The highest BCUT2D eigenvalue weighted by Crippen LogP contribution is 2.15. The van der Waals surface area contributed by atoms with Gasteiger partial charge in [0.1, 0.15) is 0 Å². The largest absolute Gasteiger partial charge is 0.462 e. The lowest BCUT2D eigenvalue weighted by Gasteiger charge is -2.14. The van der Waals surface area contributed by atoms with Gasteiger partial charge in [-0.25, -0.2) is 0 Å². The molecule has 0 aromatic heterocycles. The van der Waals surface area contributed by atoms with Crippen LogP contribution in [-0.2, 0) is 9.53 Å². The highest BCUT2D eigenvalue weighted by molar-refractivity contribution is 6.30. The van der Waals surface area contributed by atoms with Crippen LogP contribution in [0.4, 0.5) is 0 Å². The zero-order valence-corrected chi connectivity index (χ0v) is 11.1. The van der Waals surface area contributed by atoms with Gasteiger partial charge < -0.3 is 10.1 Å². The number of rotatable bonds is 5. The number of esters is 1. The molecule has 4 heteroatoms. The fraction of sp³-hybridized carbons (Fsp3) is 0.462. The predicted octanol–water partition coefficient (Wildman–Crippen LogP) is 2.94. The van der Waals surface area contributed by atoms with Crippen LogP contribution >= 0.6 is 11.6 Å². The summed E-state index contributed by atoms with van der Waals surface area (Å²) < 4.78 is 5.03. The molecule has 0 radical (unpaired) electrons. The van der Waals surface area contributed by atoms with Crippen molar-refractivity contribution in [1.29, 1.82) is 0 Å². The molecule has 0 bridgehead atoms. The zero-order valence-electron chi connectivity index (χ0n) is 10.4. The lowest BCUT2D eigenvalue weighted by atomic mass is 10.1. The molecular weight excluding hydrogens is 238 g/mol. The molecule has 0 saturated carbocycles. The third-order valence-electron chi connectivity index (χ3n) is 2.29. The lowest BCUT2D eigenvalue weighted by Crippen LogP contribution is -2.28. The van der Waals surface area contributed by atoms with Crippen LogP contribution in [-0.4, -0.2) is 18.6 Å². The summed E-state index contributed by atoms with van der Waals surface area (Å²) in [6.07, 6.45) is -0.0739. The fourth-order valence-corrected chi connectivity index (χ4v) is 1.54. The van der Waals surface area contributed by atoms with E-state index in [-0.39, 0.29) is 24.7 Å². The Kier molecular flexibility index (Phi) is 5.45. The number of halogens is 1. The second-order valence-corrected chi connectivity index (χ2v) is 4.63. The molecule has 17 heavy (non-hydrogen) atoms. The van der Waals surface area contributed by atoms with Gasteiger partial charge in [0, 0.05) is 11.1 Å². The van der Waals surface area contributed by atoms with Gasteiger partial charge in [0.2, 0.25) is 0 Å². The smallest absolute Gasteiger partial charge is 0.320 e. The first-order chi connectivity index (χ1) is 7.99. The van der Waals surface area contributed by atoms with E-state index in [1.807, 2.05) is 45.0 Å². The standard InChI is InChI=1S/C13H18ClNO2/c1-9(2)17-13(16)8-15-10(3)11-4-6-12(14)7-5-11/h4-7,9-10,15H,8H2,1-3H3. The Morgan fingerprint density at radius 3 is 2.41 bits per heavy atom. The molecule has 0 aliphatic rings. The maximum atomic E-state index is 11.3. The van der Waals surface area contributed by atoms with Gasteiger partial charge in [0.15, 0.2) is 0 Å². The quantitative estimate of drug-likeness (QED) is 0.822. The van der Waals surface area contributed by atoms with Gasteiger partial charge in [-0.2, -0.15) is 0 Å². The molecule has 1 aromatic carbocycles. The molecule has 0 saturated heterocycles. The second-order valence-electron chi connectivity index (χ2n) is 4.19. The molecule has 1 atom stereocenters. The van der Waals surface area contributed by atoms with Crippen molar-refractivity contribution >= 4 is 17.6 Å². The Bertz CT molecular complexity index is 362. The summed E-state index contributed by atoms with van der Waals surface area (Å²) in [6, 6.07) is 7.64. The van der Waals surface area contributed by atoms with Crippen LogP contribution in [0.15, 0.2) is 24.3 Å². The van der Waals surface area contributed by atoms with Crippen molar-refractivity contribution in [2.45, 2.75) is 32.9 Å². The summed E-state index contributed by atoms with van der Waals surface area (Å²) in [4.78, 5) is 11.3. The molecule has 1 N–H and O–H groups in total. The Labute approximate surface area is 107 Å². The first-order valence-corrected chi connectivity index (χ1v) is 6.05. The van der Waals surface area contributed by atoms with Crippen molar-refractivity contribution in [3.8, 4) is 0 Å². The average Bonchev–Trinajstić information content (AvgIpc) is 2.26. The molecule has 0 spiro atoms. The van der Waals surface area contributed by atoms with Crippen LogP contribution in [0.25, 0.3) is 0 Å². The van der Waals surface area contributed by atoms with Gasteiger partial charge in [-0.05, 0) is 38.5 Å². The predicted molar refractivity (Wildman–Crippen MR) is 69.1 cm³/mol. The van der Waals surface area contributed by atoms with Crippen molar-refractivity contribution in [3.05, 3.63) is 34.9 Å². The molecule has 0 aliphatic carbocycles. The molecule has 1 unspecified atom stereocenters. The Hall–Kier alpha value is -1.06. The Balaban J connectivity index is 2.42. The molecule has 0 heterocycles. The van der Waals surface area contributed by atoms with E-state index in [9.17, 15) is 4.79 Å². The van der Waals surface area contributed by atoms with Crippen LogP contribution in [0.3, 0.4) is 0 Å². The number of hydrogen-bond donors (Lipinski definition) is 1. The van der Waals surface area contributed by atoms with Crippen LogP contribution in [0.5, 0.6) is 0 Å². The van der Waals surface area contributed by atoms with Crippen LogP contribution in [0, 0.1) is 0 Å².